The van der Waals surface area contributed by atoms with Gasteiger partial charge in [-0.05, 0) is 17.7 Å². The van der Waals surface area contributed by atoms with Gasteiger partial charge < -0.3 is 5.11 Å². The van der Waals surface area contributed by atoms with Crippen molar-refractivity contribution in [3.05, 3.63) is 44.5 Å². The van der Waals surface area contributed by atoms with E-state index in [1.165, 1.54) is 12.1 Å². The minimum atomic E-state index is -1.10. The lowest BCUT2D eigenvalue weighted by Gasteiger charge is -2.08. The number of halogens is 2. The van der Waals surface area contributed by atoms with Crippen LogP contribution in [0, 0.1) is 5.82 Å². The third-order valence-corrected chi connectivity index (χ3v) is 2.13. The lowest BCUT2D eigenvalue weighted by molar-refractivity contribution is 0.182. The molecule has 1 aromatic rings. The first-order valence-electron chi connectivity index (χ1n) is 3.79. The molecule has 0 radical (unpaired) electrons. The molecule has 0 heterocycles. The zero-order valence-corrected chi connectivity index (χ0v) is 8.65. The Kier molecular flexibility index (Phi) is 3.88. The fraction of sp³-hybridized carbons (Fsp3) is 0.250. The van der Waals surface area contributed by atoms with E-state index in [1.54, 1.807) is 6.07 Å². The molecule has 74 valence electrons. The summed E-state index contributed by atoms with van der Waals surface area (Å²) in [4.78, 5) is 2.48. The number of aliphatic hydroxyl groups is 1. The minimum absolute atomic E-state index is 0.126. The zero-order valence-electron chi connectivity index (χ0n) is 7.06. The van der Waals surface area contributed by atoms with E-state index in [1.807, 2.05) is 0 Å². The van der Waals surface area contributed by atoms with Crippen LogP contribution in [0.3, 0.4) is 0 Å². The number of azide groups is 1. The standard InChI is InChI=1S/C8H7BrFN3O/c9-5-1-2-6(7(10)3-5)8(14)4-12-13-11/h1-3,8,14H,4H2. The number of hydrogen-bond acceptors (Lipinski definition) is 2. The van der Waals surface area contributed by atoms with E-state index in [0.29, 0.717) is 4.47 Å². The van der Waals surface area contributed by atoms with Gasteiger partial charge in [0.25, 0.3) is 0 Å². The second kappa shape index (κ2) is 4.95. The van der Waals surface area contributed by atoms with Crippen LogP contribution in [0.4, 0.5) is 4.39 Å². The highest BCUT2D eigenvalue weighted by Gasteiger charge is 2.11. The Morgan fingerprint density at radius 2 is 2.36 bits per heavy atom. The van der Waals surface area contributed by atoms with Gasteiger partial charge in [0, 0.05) is 14.9 Å². The Labute approximate surface area is 88.1 Å². The SMILES string of the molecule is [N-]=[N+]=NCC(O)c1ccc(Br)cc1F. The van der Waals surface area contributed by atoms with Crippen LogP contribution in [0.15, 0.2) is 27.8 Å². The van der Waals surface area contributed by atoms with Gasteiger partial charge in [0.15, 0.2) is 0 Å². The molecule has 1 rings (SSSR count). The molecule has 14 heavy (non-hydrogen) atoms. The van der Waals surface area contributed by atoms with E-state index < -0.39 is 11.9 Å². The van der Waals surface area contributed by atoms with Crippen LogP contribution in [0.25, 0.3) is 10.4 Å². The van der Waals surface area contributed by atoms with Crippen LogP contribution in [0.2, 0.25) is 0 Å². The van der Waals surface area contributed by atoms with Crippen molar-refractivity contribution in [3.8, 4) is 0 Å². The summed E-state index contributed by atoms with van der Waals surface area (Å²) in [5, 5.41) is 12.6. The molecule has 0 aliphatic carbocycles. The molecule has 1 N–H and O–H groups in total. The first-order valence-corrected chi connectivity index (χ1v) is 4.58. The summed E-state index contributed by atoms with van der Waals surface area (Å²) in [5.41, 5.74) is 8.15. The van der Waals surface area contributed by atoms with E-state index in [9.17, 15) is 9.50 Å². The van der Waals surface area contributed by atoms with Gasteiger partial charge in [-0.1, -0.05) is 27.1 Å². The van der Waals surface area contributed by atoms with E-state index >= 15 is 0 Å². The molecule has 0 saturated carbocycles. The first-order chi connectivity index (χ1) is 6.65. The highest BCUT2D eigenvalue weighted by atomic mass is 79.9. The van der Waals surface area contributed by atoms with E-state index in [0.717, 1.165) is 0 Å². The van der Waals surface area contributed by atoms with Crippen LogP contribution in [0.5, 0.6) is 0 Å². The summed E-state index contributed by atoms with van der Waals surface area (Å²) in [6.07, 6.45) is -1.10. The molecule has 0 aliphatic heterocycles. The lowest BCUT2D eigenvalue weighted by Crippen LogP contribution is -2.03. The predicted octanol–water partition coefficient (Wildman–Crippen LogP) is 2.93. The molecule has 0 spiro atoms. The van der Waals surface area contributed by atoms with Gasteiger partial charge in [-0.25, -0.2) is 4.39 Å². The molecular formula is C8H7BrFN3O. The molecule has 4 nitrogen and oxygen atoms in total. The Hall–Kier alpha value is -1.10. The Morgan fingerprint density at radius 1 is 1.64 bits per heavy atom. The quantitative estimate of drug-likeness (QED) is 0.506. The smallest absolute Gasteiger partial charge is 0.130 e. The van der Waals surface area contributed by atoms with Crippen molar-refractivity contribution in [1.82, 2.24) is 0 Å². The van der Waals surface area contributed by atoms with Crippen molar-refractivity contribution in [2.75, 3.05) is 6.54 Å². The maximum Gasteiger partial charge on any atom is 0.130 e. The van der Waals surface area contributed by atoms with Crippen LogP contribution < -0.4 is 0 Å². The summed E-state index contributed by atoms with van der Waals surface area (Å²) in [6.45, 7) is -0.172. The highest BCUT2D eigenvalue weighted by Crippen LogP contribution is 2.21. The predicted molar refractivity (Wildman–Crippen MR) is 53.1 cm³/mol. The molecule has 1 aromatic carbocycles. The van der Waals surface area contributed by atoms with Gasteiger partial charge >= 0.3 is 0 Å². The fourth-order valence-corrected chi connectivity index (χ4v) is 1.32. The Bertz CT molecular complexity index is 379. The summed E-state index contributed by atoms with van der Waals surface area (Å²) < 4.78 is 13.8. The molecule has 0 amide bonds. The summed E-state index contributed by atoms with van der Waals surface area (Å²) in [6, 6.07) is 4.29. The van der Waals surface area contributed by atoms with Gasteiger partial charge in [0.2, 0.25) is 0 Å². The van der Waals surface area contributed by atoms with Crippen LogP contribution >= 0.6 is 15.9 Å². The van der Waals surface area contributed by atoms with Crippen LogP contribution in [-0.4, -0.2) is 11.7 Å². The second-order valence-corrected chi connectivity index (χ2v) is 3.51. The Balaban J connectivity index is 2.89. The van der Waals surface area contributed by atoms with Gasteiger partial charge in [0.05, 0.1) is 12.6 Å². The van der Waals surface area contributed by atoms with Crippen LogP contribution in [-0.2, 0) is 0 Å². The zero-order chi connectivity index (χ0) is 10.6. The third-order valence-electron chi connectivity index (χ3n) is 1.64. The average Bonchev–Trinajstić information content (AvgIpc) is 2.14. The summed E-state index contributed by atoms with van der Waals surface area (Å²) >= 11 is 3.09. The molecule has 1 unspecified atom stereocenters. The molecule has 0 bridgehead atoms. The number of aliphatic hydroxyl groups excluding tert-OH is 1. The van der Waals surface area contributed by atoms with Crippen molar-refractivity contribution >= 4 is 15.9 Å². The molecule has 0 aliphatic rings. The van der Waals surface area contributed by atoms with Crippen molar-refractivity contribution in [2.24, 2.45) is 5.11 Å². The Morgan fingerprint density at radius 3 is 2.93 bits per heavy atom. The topological polar surface area (TPSA) is 69.0 Å². The second-order valence-electron chi connectivity index (χ2n) is 2.60. The number of hydrogen-bond donors (Lipinski definition) is 1. The van der Waals surface area contributed by atoms with Gasteiger partial charge in [-0.3, -0.25) is 0 Å². The summed E-state index contributed by atoms with van der Waals surface area (Å²) in [5.74, 6) is -0.528. The molecule has 0 aromatic heterocycles. The monoisotopic (exact) mass is 259 g/mol. The van der Waals surface area contributed by atoms with Crippen molar-refractivity contribution in [3.63, 3.8) is 0 Å². The number of benzene rings is 1. The third kappa shape index (κ3) is 2.70. The maximum absolute atomic E-state index is 13.2. The van der Waals surface area contributed by atoms with Gasteiger partial charge in [0.1, 0.15) is 5.82 Å². The molecule has 0 saturated heterocycles. The maximum atomic E-state index is 13.2. The number of rotatable bonds is 3. The molecule has 6 heteroatoms. The van der Waals surface area contributed by atoms with Crippen molar-refractivity contribution < 1.29 is 9.50 Å². The largest absolute Gasteiger partial charge is 0.388 e. The van der Waals surface area contributed by atoms with E-state index in [2.05, 4.69) is 26.0 Å². The van der Waals surface area contributed by atoms with Crippen LogP contribution in [0.1, 0.15) is 11.7 Å². The number of nitrogens with zero attached hydrogens (tertiary/aromatic N) is 3. The van der Waals surface area contributed by atoms with Gasteiger partial charge in [-0.15, -0.1) is 0 Å². The first kappa shape index (κ1) is 11.0. The fourth-order valence-electron chi connectivity index (χ4n) is 0.984. The van der Waals surface area contributed by atoms with Gasteiger partial charge in [-0.2, -0.15) is 0 Å². The molecular weight excluding hydrogens is 253 g/mol. The average molecular weight is 260 g/mol. The van der Waals surface area contributed by atoms with E-state index in [-0.39, 0.29) is 12.1 Å². The summed E-state index contributed by atoms with van der Waals surface area (Å²) in [7, 11) is 0. The highest BCUT2D eigenvalue weighted by molar-refractivity contribution is 9.10. The van der Waals surface area contributed by atoms with Crippen molar-refractivity contribution in [1.29, 1.82) is 0 Å². The van der Waals surface area contributed by atoms with Crippen molar-refractivity contribution in [2.45, 2.75) is 6.10 Å². The molecule has 1 atom stereocenters. The minimum Gasteiger partial charge on any atom is -0.388 e. The molecule has 0 fully saturated rings. The normalized spacial score (nSPS) is 11.9. The lowest BCUT2D eigenvalue weighted by atomic mass is 10.1. The van der Waals surface area contributed by atoms with E-state index in [4.69, 9.17) is 5.53 Å².